The molecule has 0 aliphatic carbocycles. The minimum absolute atomic E-state index is 0.00495. The first-order valence-corrected chi connectivity index (χ1v) is 12.5. The first kappa shape index (κ1) is 25.3. The molecule has 3 heterocycles. The Kier molecular flexibility index (Phi) is 8.10. The molecule has 0 saturated carbocycles. The molecule has 37 heavy (non-hydrogen) atoms. The zero-order valence-corrected chi connectivity index (χ0v) is 20.8. The third kappa shape index (κ3) is 6.53. The second-order valence-electron chi connectivity index (χ2n) is 8.75. The zero-order chi connectivity index (χ0) is 25.6. The first-order chi connectivity index (χ1) is 18.0. The molecule has 5 rings (SSSR count). The number of rotatable bonds is 8. The Morgan fingerprint density at radius 1 is 1.19 bits per heavy atom. The second kappa shape index (κ2) is 11.8. The smallest absolute Gasteiger partial charge is 0.248 e. The number of nitrogens with one attached hydrogen (secondary N) is 2. The molecule has 3 aromatic rings. The second-order valence-corrected chi connectivity index (χ2v) is 9.16. The highest BCUT2D eigenvalue weighted by atomic mass is 35.5. The molecule has 2 aromatic carbocycles. The normalized spacial score (nSPS) is 18.4. The summed E-state index contributed by atoms with van der Waals surface area (Å²) in [4.78, 5) is 23.8. The monoisotopic (exact) mass is 527 g/mol. The van der Waals surface area contributed by atoms with Gasteiger partial charge in [0.05, 0.1) is 42.7 Å². The van der Waals surface area contributed by atoms with E-state index in [1.807, 2.05) is 6.08 Å². The largest absolute Gasteiger partial charge is 0.486 e. The summed E-state index contributed by atoms with van der Waals surface area (Å²) in [5, 5.41) is 6.73. The lowest BCUT2D eigenvalue weighted by atomic mass is 10.1. The van der Waals surface area contributed by atoms with Gasteiger partial charge in [0.15, 0.2) is 0 Å². The van der Waals surface area contributed by atoms with Crippen molar-refractivity contribution in [3.05, 3.63) is 59.7 Å². The Bertz CT molecular complexity index is 1300. The molecule has 2 aliphatic heterocycles. The molecule has 2 N–H and O–H groups in total. The number of ether oxygens (including phenoxy) is 3. The van der Waals surface area contributed by atoms with Crippen LogP contribution < -0.4 is 15.4 Å². The average molecular weight is 528 g/mol. The van der Waals surface area contributed by atoms with Gasteiger partial charge in [0, 0.05) is 49.3 Å². The summed E-state index contributed by atoms with van der Waals surface area (Å²) in [6, 6.07) is 7.85. The van der Waals surface area contributed by atoms with Crippen molar-refractivity contribution in [3.63, 3.8) is 0 Å². The predicted molar refractivity (Wildman–Crippen MR) is 139 cm³/mol. The van der Waals surface area contributed by atoms with Crippen molar-refractivity contribution in [1.29, 1.82) is 0 Å². The van der Waals surface area contributed by atoms with Gasteiger partial charge in [-0.25, -0.2) is 14.4 Å². The first-order valence-electron chi connectivity index (χ1n) is 12.1. The maximum Gasteiger partial charge on any atom is 0.248 e. The van der Waals surface area contributed by atoms with E-state index in [9.17, 15) is 9.18 Å². The van der Waals surface area contributed by atoms with Crippen molar-refractivity contribution in [2.24, 2.45) is 0 Å². The number of hydrogen-bond donors (Lipinski definition) is 2. The highest BCUT2D eigenvalue weighted by Gasteiger charge is 2.21. The van der Waals surface area contributed by atoms with Gasteiger partial charge in [-0.05, 0) is 24.3 Å². The molecule has 194 valence electrons. The van der Waals surface area contributed by atoms with E-state index in [0.717, 1.165) is 19.5 Å². The zero-order valence-electron chi connectivity index (χ0n) is 20.1. The van der Waals surface area contributed by atoms with Crippen LogP contribution in [0.3, 0.4) is 0 Å². The molecule has 0 spiro atoms. The van der Waals surface area contributed by atoms with E-state index in [4.69, 9.17) is 25.8 Å². The van der Waals surface area contributed by atoms with Crippen LogP contribution in [0.15, 0.2) is 48.8 Å². The van der Waals surface area contributed by atoms with E-state index in [1.54, 1.807) is 18.2 Å². The summed E-state index contributed by atoms with van der Waals surface area (Å²) in [5.74, 6) is 0.176. The summed E-state index contributed by atoms with van der Waals surface area (Å²) >= 11 is 5.94. The topological polar surface area (TPSA) is 97.8 Å². The Labute approximate surface area is 218 Å². The van der Waals surface area contributed by atoms with Gasteiger partial charge in [0.2, 0.25) is 5.91 Å². The average Bonchev–Trinajstić information content (AvgIpc) is 3.41. The SMILES string of the molecule is O=C(C=CCN1CCOCC1)Nc1cc2c(Nc3ccc(F)c(Cl)c3)ncnc2cc1OC1CCOC1. The molecule has 1 amide bonds. The number of hydrogen-bond acceptors (Lipinski definition) is 8. The third-order valence-corrected chi connectivity index (χ3v) is 6.38. The van der Waals surface area contributed by atoms with Crippen LogP contribution in [0, 0.1) is 5.82 Å². The van der Waals surface area contributed by atoms with Gasteiger partial charge in [-0.15, -0.1) is 0 Å². The Balaban J connectivity index is 1.41. The van der Waals surface area contributed by atoms with Crippen molar-refractivity contribution >= 4 is 45.6 Å². The fourth-order valence-electron chi connectivity index (χ4n) is 4.14. The van der Waals surface area contributed by atoms with Gasteiger partial charge in [-0.2, -0.15) is 0 Å². The molecule has 9 nitrogen and oxygen atoms in total. The van der Waals surface area contributed by atoms with Crippen LogP contribution in [0.4, 0.5) is 21.6 Å². The summed E-state index contributed by atoms with van der Waals surface area (Å²) in [7, 11) is 0. The molecule has 0 bridgehead atoms. The van der Waals surface area contributed by atoms with Crippen LogP contribution in [-0.2, 0) is 14.3 Å². The van der Waals surface area contributed by atoms with Crippen LogP contribution in [-0.4, -0.2) is 72.9 Å². The number of carbonyl (C=O) groups excluding carboxylic acids is 1. The van der Waals surface area contributed by atoms with Crippen molar-refractivity contribution in [3.8, 4) is 5.75 Å². The third-order valence-electron chi connectivity index (χ3n) is 6.09. The molecule has 2 aliphatic rings. The lowest BCUT2D eigenvalue weighted by molar-refractivity contribution is -0.111. The Morgan fingerprint density at radius 3 is 2.84 bits per heavy atom. The van der Waals surface area contributed by atoms with Crippen LogP contribution in [0.5, 0.6) is 5.75 Å². The minimum atomic E-state index is -0.510. The van der Waals surface area contributed by atoms with Gasteiger partial charge in [0.25, 0.3) is 0 Å². The molecule has 1 unspecified atom stereocenters. The summed E-state index contributed by atoms with van der Waals surface area (Å²) in [6.45, 7) is 4.85. The van der Waals surface area contributed by atoms with Crippen molar-refractivity contribution in [2.75, 3.05) is 56.7 Å². The molecular weight excluding hydrogens is 501 g/mol. The maximum absolute atomic E-state index is 13.6. The summed E-state index contributed by atoms with van der Waals surface area (Å²) in [5.41, 5.74) is 1.65. The minimum Gasteiger partial charge on any atom is -0.486 e. The van der Waals surface area contributed by atoms with Crippen molar-refractivity contribution in [1.82, 2.24) is 14.9 Å². The number of aromatic nitrogens is 2. The Morgan fingerprint density at radius 2 is 2.05 bits per heavy atom. The molecule has 1 aromatic heterocycles. The molecule has 11 heteroatoms. The highest BCUT2D eigenvalue weighted by Crippen LogP contribution is 2.35. The quantitative estimate of drug-likeness (QED) is 0.421. The Hall–Kier alpha value is -3.31. The summed E-state index contributed by atoms with van der Waals surface area (Å²) in [6.07, 6.45) is 5.41. The van der Waals surface area contributed by atoms with E-state index in [-0.39, 0.29) is 17.0 Å². The van der Waals surface area contributed by atoms with Crippen LogP contribution >= 0.6 is 11.6 Å². The maximum atomic E-state index is 13.6. The van der Waals surface area contributed by atoms with Gasteiger partial charge >= 0.3 is 0 Å². The fraction of sp³-hybridized carbons (Fsp3) is 0.346. The number of amides is 1. The van der Waals surface area contributed by atoms with Gasteiger partial charge in [0.1, 0.15) is 29.8 Å². The number of carbonyl (C=O) groups is 1. The van der Waals surface area contributed by atoms with E-state index >= 15 is 0 Å². The van der Waals surface area contributed by atoms with Crippen LogP contribution in [0.25, 0.3) is 10.9 Å². The highest BCUT2D eigenvalue weighted by molar-refractivity contribution is 6.31. The van der Waals surface area contributed by atoms with Crippen LogP contribution in [0.1, 0.15) is 6.42 Å². The number of fused-ring (bicyclic) bond motifs is 1. The lowest BCUT2D eigenvalue weighted by Gasteiger charge is -2.25. The lowest BCUT2D eigenvalue weighted by Crippen LogP contribution is -2.36. The van der Waals surface area contributed by atoms with Gasteiger partial charge < -0.3 is 24.8 Å². The van der Waals surface area contributed by atoms with Crippen molar-refractivity contribution in [2.45, 2.75) is 12.5 Å². The molecule has 1 atom stereocenters. The number of morpholine rings is 1. The predicted octanol–water partition coefficient (Wildman–Crippen LogP) is 4.16. The molecule has 2 fully saturated rings. The van der Waals surface area contributed by atoms with Crippen LogP contribution in [0.2, 0.25) is 5.02 Å². The van der Waals surface area contributed by atoms with E-state index in [1.165, 1.54) is 24.5 Å². The standard InChI is InChI=1S/C26H27ClFN5O4/c27-20-12-17(3-4-21(20)28)31-26-19-13-23(32-25(34)2-1-6-33-7-10-35-11-8-33)24(14-22(19)29-16-30-26)37-18-5-9-36-15-18/h1-4,12-14,16,18H,5-11,15H2,(H,32,34)(H,29,30,31). The molecular formula is C26H27ClFN5O4. The fourth-order valence-corrected chi connectivity index (χ4v) is 4.32. The van der Waals surface area contributed by atoms with Gasteiger partial charge in [-0.3, -0.25) is 9.69 Å². The number of anilines is 3. The summed E-state index contributed by atoms with van der Waals surface area (Å²) < 4.78 is 30.6. The molecule has 2 saturated heterocycles. The van der Waals surface area contributed by atoms with Crippen molar-refractivity contribution < 1.29 is 23.4 Å². The number of nitrogens with zero attached hydrogens (tertiary/aromatic N) is 3. The van der Waals surface area contributed by atoms with E-state index in [2.05, 4.69) is 25.5 Å². The number of benzene rings is 2. The molecule has 0 radical (unpaired) electrons. The van der Waals surface area contributed by atoms with Gasteiger partial charge in [-0.1, -0.05) is 17.7 Å². The van der Waals surface area contributed by atoms with E-state index in [0.29, 0.717) is 66.8 Å². The van der Waals surface area contributed by atoms with E-state index < -0.39 is 5.82 Å². The number of halogens is 2.